The summed E-state index contributed by atoms with van der Waals surface area (Å²) in [4.78, 5) is 11.7. The molecule has 8 nitrogen and oxygen atoms in total. The summed E-state index contributed by atoms with van der Waals surface area (Å²) in [5.74, 6) is -0.712. The normalized spacial score (nSPS) is 15.8. The number of hydrogen-bond acceptors (Lipinski definition) is 8. The molecular formula is C24H50MgO8. The van der Waals surface area contributed by atoms with E-state index in [9.17, 15) is 30.3 Å². The number of aliphatic hydroxyl groups excluding tert-OH is 6. The molecule has 0 aliphatic rings. The van der Waals surface area contributed by atoms with Crippen LogP contribution >= 0.6 is 0 Å². The number of ether oxygens (including phenoxy) is 1. The zero-order chi connectivity index (χ0) is 24.2. The smallest absolute Gasteiger partial charge is 1.00 e. The second kappa shape index (κ2) is 23.7. The number of carbonyl (C=O) groups excluding carboxylic acids is 1. The van der Waals surface area contributed by atoms with E-state index in [1.54, 1.807) is 0 Å². The Labute approximate surface area is 218 Å². The maximum absolute atomic E-state index is 11.7. The van der Waals surface area contributed by atoms with Gasteiger partial charge in [0.05, 0.1) is 6.61 Å². The van der Waals surface area contributed by atoms with Gasteiger partial charge in [-0.3, -0.25) is 4.79 Å². The number of carbonyl (C=O) groups is 1. The van der Waals surface area contributed by atoms with Crippen molar-refractivity contribution < 1.29 is 43.0 Å². The molecule has 0 bridgehead atoms. The number of aliphatic hydroxyl groups is 6. The Hall–Kier alpha value is -0.00377. The van der Waals surface area contributed by atoms with Crippen LogP contribution in [0, 0.1) is 0 Å². The molecule has 0 aromatic rings. The summed E-state index contributed by atoms with van der Waals surface area (Å²) in [7, 11) is 0. The minimum atomic E-state index is -2.03. The summed E-state index contributed by atoms with van der Waals surface area (Å²) < 4.78 is 4.67. The van der Waals surface area contributed by atoms with Gasteiger partial charge in [-0.2, -0.15) is 0 Å². The van der Waals surface area contributed by atoms with Gasteiger partial charge in [-0.15, -0.1) is 0 Å². The van der Waals surface area contributed by atoms with Crippen molar-refractivity contribution in [3.63, 3.8) is 0 Å². The second-order valence-corrected chi connectivity index (χ2v) is 8.80. The van der Waals surface area contributed by atoms with Gasteiger partial charge in [-0.1, -0.05) is 96.8 Å². The summed E-state index contributed by atoms with van der Waals surface area (Å²) in [6.45, 7) is 1.41. The minimum Gasteiger partial charge on any atom is -1.00 e. The summed E-state index contributed by atoms with van der Waals surface area (Å²) in [6.07, 6.45) is 8.65. The first kappa shape index (κ1) is 35.2. The molecule has 0 aromatic carbocycles. The predicted molar refractivity (Wildman–Crippen MR) is 131 cm³/mol. The average Bonchev–Trinajstić information content (AvgIpc) is 2.79. The Morgan fingerprint density at radius 3 is 1.45 bits per heavy atom. The van der Waals surface area contributed by atoms with Crippen molar-refractivity contribution in [3.8, 4) is 0 Å². The first-order chi connectivity index (χ1) is 15.3. The van der Waals surface area contributed by atoms with E-state index in [-0.39, 0.29) is 32.3 Å². The summed E-state index contributed by atoms with van der Waals surface area (Å²) >= 11 is 0. The van der Waals surface area contributed by atoms with Crippen LogP contribution in [0.1, 0.15) is 113 Å². The van der Waals surface area contributed by atoms with Crippen molar-refractivity contribution in [3.05, 3.63) is 0 Å². The molecule has 0 aliphatic carbocycles. The Morgan fingerprint density at radius 2 is 1.06 bits per heavy atom. The van der Waals surface area contributed by atoms with Crippen molar-refractivity contribution in [2.24, 2.45) is 0 Å². The van der Waals surface area contributed by atoms with Crippen LogP contribution in [0.3, 0.4) is 0 Å². The zero-order valence-corrected chi connectivity index (χ0v) is 22.0. The monoisotopic (exact) mass is 490 g/mol. The molecule has 0 aromatic heterocycles. The second-order valence-electron chi connectivity index (χ2n) is 8.80. The first-order valence-corrected chi connectivity index (χ1v) is 12.6. The van der Waals surface area contributed by atoms with E-state index in [0.29, 0.717) is 6.42 Å². The van der Waals surface area contributed by atoms with Crippen LogP contribution in [-0.2, 0) is 9.53 Å². The Balaban J connectivity index is -0.00000160. The third-order valence-electron chi connectivity index (χ3n) is 5.81. The molecule has 196 valence electrons. The maximum atomic E-state index is 11.7. The van der Waals surface area contributed by atoms with Crippen molar-refractivity contribution >= 4 is 29.0 Å². The van der Waals surface area contributed by atoms with Crippen LogP contribution < -0.4 is 0 Å². The van der Waals surface area contributed by atoms with E-state index < -0.39 is 43.3 Å². The molecule has 0 saturated carbocycles. The first-order valence-electron chi connectivity index (χ1n) is 12.6. The fourth-order valence-electron chi connectivity index (χ4n) is 3.61. The van der Waals surface area contributed by atoms with Crippen molar-refractivity contribution in [2.75, 3.05) is 6.61 Å². The van der Waals surface area contributed by atoms with E-state index in [1.165, 1.54) is 70.6 Å². The van der Waals surface area contributed by atoms with E-state index in [0.717, 1.165) is 19.3 Å². The third kappa shape index (κ3) is 18.9. The van der Waals surface area contributed by atoms with Gasteiger partial charge in [0.25, 0.3) is 0 Å². The molecule has 1 unspecified atom stereocenters. The van der Waals surface area contributed by atoms with Gasteiger partial charge in [0.2, 0.25) is 6.29 Å². The summed E-state index contributed by atoms with van der Waals surface area (Å²) in [5.41, 5.74) is 0. The van der Waals surface area contributed by atoms with Gasteiger partial charge < -0.3 is 38.2 Å². The zero-order valence-electron chi connectivity index (χ0n) is 22.6. The molecule has 0 radical (unpaired) electrons. The Kier molecular flexibility index (Phi) is 25.3. The standard InChI is InChI=1S/C24H48O8.Mg.2H/c1-2-3-4-5-6-7-8-9-10-11-12-13-14-15-16-17-20(27)32-24(31)23(30)22(29)21(28)19(26)18-25;;;/h19,21-26,28-31H,2-18H2,1H3;;;/q;+2;2*-1/t19-,21-,22+,23-,24?;;;/m1.../s1. The third-order valence-corrected chi connectivity index (χ3v) is 5.81. The molecule has 0 spiro atoms. The van der Waals surface area contributed by atoms with Gasteiger partial charge in [0.15, 0.2) is 0 Å². The van der Waals surface area contributed by atoms with Gasteiger partial charge in [0.1, 0.15) is 24.4 Å². The van der Waals surface area contributed by atoms with E-state index >= 15 is 0 Å². The Morgan fingerprint density at radius 1 is 0.667 bits per heavy atom. The number of unbranched alkanes of at least 4 members (excludes halogenated alkanes) is 14. The van der Waals surface area contributed by atoms with Gasteiger partial charge in [-0.25, -0.2) is 0 Å². The summed E-state index contributed by atoms with van der Waals surface area (Å²) in [5, 5.41) is 56.6. The average molecular weight is 491 g/mol. The minimum absolute atomic E-state index is 0. The van der Waals surface area contributed by atoms with Gasteiger partial charge >= 0.3 is 29.0 Å². The van der Waals surface area contributed by atoms with Crippen LogP contribution in [0.15, 0.2) is 0 Å². The molecule has 33 heavy (non-hydrogen) atoms. The maximum Gasteiger partial charge on any atom is 2.00 e. The number of hydrogen-bond donors (Lipinski definition) is 6. The SMILES string of the molecule is CCCCCCCCCCCCCCCCCC(=O)OC(O)[C@H](O)[C@@H](O)[C@H](O)[C@H](O)CO.[H-].[H-].[Mg+2]. The molecule has 6 N–H and O–H groups in total. The number of esters is 1. The molecule has 0 heterocycles. The number of rotatable bonds is 22. The van der Waals surface area contributed by atoms with E-state index in [1.807, 2.05) is 0 Å². The van der Waals surface area contributed by atoms with Gasteiger partial charge in [0, 0.05) is 6.42 Å². The molecule has 0 fully saturated rings. The molecule has 5 atom stereocenters. The van der Waals surface area contributed by atoms with Crippen LogP contribution in [0.2, 0.25) is 0 Å². The quantitative estimate of drug-likeness (QED) is 0.0586. The molecule has 0 amide bonds. The largest absolute Gasteiger partial charge is 2.00 e. The van der Waals surface area contributed by atoms with Crippen LogP contribution in [0.5, 0.6) is 0 Å². The predicted octanol–water partition coefficient (Wildman–Crippen LogP) is 2.39. The van der Waals surface area contributed by atoms with Crippen LogP contribution in [0.25, 0.3) is 0 Å². The van der Waals surface area contributed by atoms with Crippen molar-refractivity contribution in [1.82, 2.24) is 0 Å². The molecule has 0 aliphatic heterocycles. The topological polar surface area (TPSA) is 148 Å². The molecule has 9 heteroatoms. The molecule has 0 saturated heterocycles. The molecule has 0 rings (SSSR count). The van der Waals surface area contributed by atoms with Crippen LogP contribution in [0.4, 0.5) is 0 Å². The Bertz CT molecular complexity index is 452. The van der Waals surface area contributed by atoms with E-state index in [2.05, 4.69) is 11.7 Å². The van der Waals surface area contributed by atoms with Crippen molar-refractivity contribution in [1.29, 1.82) is 0 Å². The van der Waals surface area contributed by atoms with Crippen molar-refractivity contribution in [2.45, 2.75) is 140 Å². The fourth-order valence-corrected chi connectivity index (χ4v) is 3.61. The summed E-state index contributed by atoms with van der Waals surface area (Å²) in [6, 6.07) is 0. The van der Waals surface area contributed by atoms with Gasteiger partial charge in [-0.05, 0) is 6.42 Å². The van der Waals surface area contributed by atoms with E-state index in [4.69, 9.17) is 5.11 Å². The molecular weight excluding hydrogens is 441 g/mol. The van der Waals surface area contributed by atoms with Crippen LogP contribution in [-0.4, -0.2) is 97.0 Å². The fraction of sp³-hybridized carbons (Fsp3) is 0.958.